The number of pyridine rings is 2. The molecule has 0 saturated heterocycles. The van der Waals surface area contributed by atoms with Gasteiger partial charge in [-0.2, -0.15) is 0 Å². The summed E-state index contributed by atoms with van der Waals surface area (Å²) in [5.41, 5.74) is 4.14. The molecule has 3 heterocycles. The highest BCUT2D eigenvalue weighted by Crippen LogP contribution is 2.29. The van der Waals surface area contributed by atoms with Crippen LogP contribution in [0.25, 0.3) is 11.4 Å². The maximum Gasteiger partial charge on any atom is 0.270 e. The molecule has 1 amide bonds. The first kappa shape index (κ1) is 16.3. The van der Waals surface area contributed by atoms with Gasteiger partial charge in [-0.1, -0.05) is 6.07 Å². The number of fused-ring (bicyclic) bond motifs is 1. The van der Waals surface area contributed by atoms with Gasteiger partial charge in [0, 0.05) is 41.1 Å². The van der Waals surface area contributed by atoms with Crippen molar-refractivity contribution in [3.8, 4) is 11.4 Å². The molecule has 0 aromatic carbocycles. The van der Waals surface area contributed by atoms with Crippen molar-refractivity contribution in [2.45, 2.75) is 32.2 Å². The fourth-order valence-corrected chi connectivity index (χ4v) is 3.23. The third-order valence-electron chi connectivity index (χ3n) is 4.53. The summed E-state index contributed by atoms with van der Waals surface area (Å²) < 4.78 is 0. The minimum atomic E-state index is -0.164. The molecule has 130 valence electrons. The molecule has 0 bridgehead atoms. The number of carbonyl (C=O) groups excluding carboxylic acids is 1. The standard InChI is InChI=1S/C20H19N5O/c1-13-5-2-9-18(23-13)20(26)25-17-8-3-7-16-15(17)12-22-19(24-16)14-6-4-10-21-11-14/h2,4-6,9-12,17H,3,7-8H2,1H3,(H,25,26)/t17-/m0/s1. The lowest BCUT2D eigenvalue weighted by Gasteiger charge is -2.25. The fourth-order valence-electron chi connectivity index (χ4n) is 3.23. The molecule has 3 aromatic heterocycles. The van der Waals surface area contributed by atoms with Crippen LogP contribution in [0.5, 0.6) is 0 Å². The molecule has 0 unspecified atom stereocenters. The minimum Gasteiger partial charge on any atom is -0.344 e. The van der Waals surface area contributed by atoms with Gasteiger partial charge in [-0.25, -0.2) is 15.0 Å². The summed E-state index contributed by atoms with van der Waals surface area (Å²) in [5.74, 6) is 0.507. The van der Waals surface area contributed by atoms with Crippen molar-refractivity contribution in [2.24, 2.45) is 0 Å². The highest BCUT2D eigenvalue weighted by molar-refractivity contribution is 5.92. The van der Waals surface area contributed by atoms with E-state index in [1.165, 1.54) is 0 Å². The minimum absolute atomic E-state index is 0.0866. The van der Waals surface area contributed by atoms with Crippen molar-refractivity contribution < 1.29 is 4.79 Å². The van der Waals surface area contributed by atoms with E-state index in [0.29, 0.717) is 11.5 Å². The number of aryl methyl sites for hydroxylation is 2. The van der Waals surface area contributed by atoms with Crippen LogP contribution < -0.4 is 5.32 Å². The molecular formula is C20H19N5O. The second-order valence-corrected chi connectivity index (χ2v) is 6.42. The van der Waals surface area contributed by atoms with Crippen molar-refractivity contribution in [2.75, 3.05) is 0 Å². The first-order valence-electron chi connectivity index (χ1n) is 8.71. The van der Waals surface area contributed by atoms with E-state index in [9.17, 15) is 4.79 Å². The van der Waals surface area contributed by atoms with Gasteiger partial charge in [0.1, 0.15) is 5.69 Å². The molecule has 0 radical (unpaired) electrons. The van der Waals surface area contributed by atoms with Crippen LogP contribution in [0.2, 0.25) is 0 Å². The van der Waals surface area contributed by atoms with Crippen LogP contribution in [-0.2, 0) is 6.42 Å². The quantitative estimate of drug-likeness (QED) is 0.789. The number of aromatic nitrogens is 4. The van der Waals surface area contributed by atoms with E-state index in [1.54, 1.807) is 18.5 Å². The molecule has 1 aliphatic carbocycles. The van der Waals surface area contributed by atoms with E-state index in [4.69, 9.17) is 4.98 Å². The van der Waals surface area contributed by atoms with Gasteiger partial charge in [-0.15, -0.1) is 0 Å². The number of nitrogens with one attached hydrogen (secondary N) is 1. The van der Waals surface area contributed by atoms with Crippen LogP contribution in [0.15, 0.2) is 48.9 Å². The van der Waals surface area contributed by atoms with E-state index in [1.807, 2.05) is 37.4 Å². The molecule has 0 aliphatic heterocycles. The summed E-state index contributed by atoms with van der Waals surface area (Å²) in [6.45, 7) is 1.88. The van der Waals surface area contributed by atoms with Crippen molar-refractivity contribution in [3.05, 3.63) is 71.6 Å². The predicted molar refractivity (Wildman–Crippen MR) is 97.4 cm³/mol. The summed E-state index contributed by atoms with van der Waals surface area (Å²) in [6, 6.07) is 9.18. The van der Waals surface area contributed by atoms with Crippen LogP contribution >= 0.6 is 0 Å². The van der Waals surface area contributed by atoms with Gasteiger partial charge >= 0.3 is 0 Å². The molecule has 1 N–H and O–H groups in total. The Kier molecular flexibility index (Phi) is 4.39. The predicted octanol–water partition coefficient (Wildman–Crippen LogP) is 3.05. The molecule has 1 aliphatic rings. The van der Waals surface area contributed by atoms with Crippen molar-refractivity contribution in [1.82, 2.24) is 25.3 Å². The fraction of sp³-hybridized carbons (Fsp3) is 0.250. The van der Waals surface area contributed by atoms with Crippen LogP contribution in [-0.4, -0.2) is 25.8 Å². The zero-order valence-corrected chi connectivity index (χ0v) is 14.5. The van der Waals surface area contributed by atoms with E-state index in [0.717, 1.165) is 41.8 Å². The Balaban J connectivity index is 1.58. The molecule has 4 rings (SSSR count). The van der Waals surface area contributed by atoms with Crippen molar-refractivity contribution in [3.63, 3.8) is 0 Å². The smallest absolute Gasteiger partial charge is 0.270 e. The van der Waals surface area contributed by atoms with Crippen LogP contribution in [0.4, 0.5) is 0 Å². The number of nitrogens with zero attached hydrogens (tertiary/aromatic N) is 4. The average molecular weight is 345 g/mol. The van der Waals surface area contributed by atoms with E-state index in [2.05, 4.69) is 20.3 Å². The average Bonchev–Trinajstić information content (AvgIpc) is 2.68. The maximum atomic E-state index is 12.5. The Labute approximate surface area is 151 Å². The normalized spacial score (nSPS) is 16.0. The van der Waals surface area contributed by atoms with Crippen molar-refractivity contribution in [1.29, 1.82) is 0 Å². The lowest BCUT2D eigenvalue weighted by atomic mass is 9.92. The third-order valence-corrected chi connectivity index (χ3v) is 4.53. The number of hydrogen-bond donors (Lipinski definition) is 1. The van der Waals surface area contributed by atoms with Gasteiger partial charge in [0.2, 0.25) is 0 Å². The van der Waals surface area contributed by atoms with Crippen LogP contribution in [0.3, 0.4) is 0 Å². The third kappa shape index (κ3) is 3.31. The van der Waals surface area contributed by atoms with E-state index in [-0.39, 0.29) is 11.9 Å². The zero-order valence-electron chi connectivity index (χ0n) is 14.5. The molecule has 1 atom stereocenters. The Morgan fingerprint density at radius 3 is 2.88 bits per heavy atom. The van der Waals surface area contributed by atoms with E-state index < -0.39 is 0 Å². The van der Waals surface area contributed by atoms with Crippen LogP contribution in [0.1, 0.15) is 46.3 Å². The first-order chi connectivity index (χ1) is 12.7. The summed E-state index contributed by atoms with van der Waals surface area (Å²) in [5, 5.41) is 3.08. The van der Waals surface area contributed by atoms with Crippen molar-refractivity contribution >= 4 is 5.91 Å². The van der Waals surface area contributed by atoms with Gasteiger partial charge < -0.3 is 5.32 Å². The first-order valence-corrected chi connectivity index (χ1v) is 8.71. The highest BCUT2D eigenvalue weighted by atomic mass is 16.1. The molecule has 0 fully saturated rings. The van der Waals surface area contributed by atoms with Crippen LogP contribution in [0, 0.1) is 6.92 Å². The Morgan fingerprint density at radius 1 is 1.15 bits per heavy atom. The monoisotopic (exact) mass is 345 g/mol. The van der Waals surface area contributed by atoms with Gasteiger partial charge in [-0.05, 0) is 50.5 Å². The summed E-state index contributed by atoms with van der Waals surface area (Å²) >= 11 is 0. The summed E-state index contributed by atoms with van der Waals surface area (Å²) in [7, 11) is 0. The lowest BCUT2D eigenvalue weighted by molar-refractivity contribution is 0.0927. The zero-order chi connectivity index (χ0) is 17.9. The van der Waals surface area contributed by atoms with Gasteiger partial charge in [0.25, 0.3) is 5.91 Å². The molecule has 6 nitrogen and oxygen atoms in total. The number of carbonyl (C=O) groups is 1. The number of hydrogen-bond acceptors (Lipinski definition) is 5. The van der Waals surface area contributed by atoms with Gasteiger partial charge in [-0.3, -0.25) is 9.78 Å². The SMILES string of the molecule is Cc1cccc(C(=O)N[C@H]2CCCc3nc(-c4cccnc4)ncc32)n1. The second kappa shape index (κ2) is 7.00. The van der Waals surface area contributed by atoms with Gasteiger partial charge in [0.15, 0.2) is 5.82 Å². The lowest BCUT2D eigenvalue weighted by Crippen LogP contribution is -2.32. The number of amides is 1. The molecule has 26 heavy (non-hydrogen) atoms. The Bertz CT molecular complexity index is 942. The summed E-state index contributed by atoms with van der Waals surface area (Å²) in [4.78, 5) is 30.2. The molecule has 0 saturated carbocycles. The Hall–Kier alpha value is -3.15. The molecule has 3 aromatic rings. The topological polar surface area (TPSA) is 80.7 Å². The van der Waals surface area contributed by atoms with Gasteiger partial charge in [0.05, 0.1) is 6.04 Å². The largest absolute Gasteiger partial charge is 0.344 e. The second-order valence-electron chi connectivity index (χ2n) is 6.42. The highest BCUT2D eigenvalue weighted by Gasteiger charge is 2.24. The number of rotatable bonds is 3. The van der Waals surface area contributed by atoms with E-state index >= 15 is 0 Å². The molecule has 6 heteroatoms. The molecule has 0 spiro atoms. The Morgan fingerprint density at radius 2 is 2.08 bits per heavy atom. The summed E-state index contributed by atoms with van der Waals surface area (Å²) in [6.07, 6.45) is 8.06. The molecular weight excluding hydrogens is 326 g/mol. The maximum absolute atomic E-state index is 12.5.